The van der Waals surface area contributed by atoms with Crippen molar-refractivity contribution in [1.82, 2.24) is 5.32 Å². The number of aliphatic hydroxyl groups excluding tert-OH is 1. The minimum atomic E-state index is -0.468. The van der Waals surface area contributed by atoms with Gasteiger partial charge in [0, 0.05) is 12.6 Å². The summed E-state index contributed by atoms with van der Waals surface area (Å²) in [5, 5.41) is 13.9. The fraction of sp³-hybridized carbons (Fsp3) is 0.647. The highest BCUT2D eigenvalue weighted by Crippen LogP contribution is 2.27. The average molecular weight is 277 g/mol. The Balaban J connectivity index is 1.88. The van der Waals surface area contributed by atoms with E-state index in [0.717, 1.165) is 17.2 Å². The Labute approximate surface area is 122 Å². The Kier molecular flexibility index (Phi) is 5.86. The predicted molar refractivity (Wildman–Crippen MR) is 82.0 cm³/mol. The van der Waals surface area contributed by atoms with Crippen molar-refractivity contribution >= 4 is 0 Å². The summed E-state index contributed by atoms with van der Waals surface area (Å²) in [5.74, 6) is 1.56. The molecule has 0 aliphatic heterocycles. The van der Waals surface area contributed by atoms with Crippen LogP contribution in [0.3, 0.4) is 0 Å². The van der Waals surface area contributed by atoms with Gasteiger partial charge in [0.25, 0.3) is 0 Å². The predicted octanol–water partition coefficient (Wildman–Crippen LogP) is 3.29. The molecule has 0 spiro atoms. The smallest absolute Gasteiger partial charge is 0.119 e. The number of benzene rings is 1. The number of hydrogen-bond donors (Lipinski definition) is 2. The van der Waals surface area contributed by atoms with Crippen molar-refractivity contribution in [2.45, 2.75) is 51.2 Å². The Morgan fingerprint density at radius 3 is 2.90 bits per heavy atom. The number of nitrogens with one attached hydrogen (secondary N) is 1. The SMILES string of the molecule is CCC1CCCCC1NCC(O)c1cccc(OC)c1. The summed E-state index contributed by atoms with van der Waals surface area (Å²) in [4.78, 5) is 0. The van der Waals surface area contributed by atoms with Crippen LogP contribution in [0.15, 0.2) is 24.3 Å². The summed E-state index contributed by atoms with van der Waals surface area (Å²) in [6, 6.07) is 8.25. The van der Waals surface area contributed by atoms with Crippen LogP contribution in [-0.2, 0) is 0 Å². The van der Waals surface area contributed by atoms with E-state index in [1.807, 2.05) is 24.3 Å². The third kappa shape index (κ3) is 3.97. The first-order valence-corrected chi connectivity index (χ1v) is 7.80. The number of rotatable bonds is 6. The highest BCUT2D eigenvalue weighted by molar-refractivity contribution is 5.29. The Hall–Kier alpha value is -1.06. The molecule has 0 bridgehead atoms. The van der Waals surface area contributed by atoms with E-state index in [1.54, 1.807) is 7.11 Å². The molecule has 1 saturated carbocycles. The van der Waals surface area contributed by atoms with Crippen LogP contribution in [0.25, 0.3) is 0 Å². The molecule has 0 saturated heterocycles. The van der Waals surface area contributed by atoms with Gasteiger partial charge in [0.15, 0.2) is 0 Å². The van der Waals surface area contributed by atoms with E-state index in [9.17, 15) is 5.11 Å². The molecule has 2 rings (SSSR count). The van der Waals surface area contributed by atoms with Gasteiger partial charge in [-0.05, 0) is 36.5 Å². The number of ether oxygens (including phenoxy) is 1. The molecular formula is C17H27NO2. The van der Waals surface area contributed by atoms with Gasteiger partial charge in [0.2, 0.25) is 0 Å². The van der Waals surface area contributed by atoms with Crippen LogP contribution in [0.5, 0.6) is 5.75 Å². The molecule has 1 aliphatic carbocycles. The maximum Gasteiger partial charge on any atom is 0.119 e. The standard InChI is InChI=1S/C17H27NO2/c1-3-13-7-4-5-10-16(13)18-12-17(19)14-8-6-9-15(11-14)20-2/h6,8-9,11,13,16-19H,3-5,7,10,12H2,1-2H3. The van der Waals surface area contributed by atoms with Crippen molar-refractivity contribution in [1.29, 1.82) is 0 Å². The first-order valence-electron chi connectivity index (χ1n) is 7.80. The number of hydrogen-bond acceptors (Lipinski definition) is 3. The van der Waals surface area contributed by atoms with Crippen LogP contribution >= 0.6 is 0 Å². The van der Waals surface area contributed by atoms with Gasteiger partial charge in [-0.2, -0.15) is 0 Å². The maximum atomic E-state index is 10.3. The Morgan fingerprint density at radius 1 is 1.35 bits per heavy atom. The van der Waals surface area contributed by atoms with Gasteiger partial charge in [-0.3, -0.25) is 0 Å². The highest BCUT2D eigenvalue weighted by Gasteiger charge is 2.23. The van der Waals surface area contributed by atoms with Gasteiger partial charge in [-0.1, -0.05) is 38.3 Å². The molecule has 1 aromatic carbocycles. The number of methoxy groups -OCH3 is 1. The second kappa shape index (κ2) is 7.65. The Bertz CT molecular complexity index is 408. The van der Waals surface area contributed by atoms with Crippen LogP contribution in [0.1, 0.15) is 50.7 Å². The molecule has 20 heavy (non-hydrogen) atoms. The van der Waals surface area contributed by atoms with Crippen LogP contribution < -0.4 is 10.1 Å². The van der Waals surface area contributed by atoms with Crippen LogP contribution in [-0.4, -0.2) is 24.8 Å². The normalized spacial score (nSPS) is 24.4. The first-order chi connectivity index (χ1) is 9.74. The zero-order chi connectivity index (χ0) is 14.4. The van der Waals surface area contributed by atoms with Gasteiger partial charge >= 0.3 is 0 Å². The summed E-state index contributed by atoms with van der Waals surface area (Å²) in [7, 11) is 1.65. The topological polar surface area (TPSA) is 41.5 Å². The molecule has 2 N–H and O–H groups in total. The van der Waals surface area contributed by atoms with Crippen LogP contribution in [0, 0.1) is 5.92 Å². The zero-order valence-corrected chi connectivity index (χ0v) is 12.6. The summed E-state index contributed by atoms with van der Waals surface area (Å²) >= 11 is 0. The quantitative estimate of drug-likeness (QED) is 0.838. The molecule has 0 radical (unpaired) electrons. The molecule has 3 atom stereocenters. The fourth-order valence-electron chi connectivity index (χ4n) is 3.19. The molecule has 0 heterocycles. The molecule has 0 aromatic heterocycles. The van der Waals surface area contributed by atoms with E-state index >= 15 is 0 Å². The highest BCUT2D eigenvalue weighted by atomic mass is 16.5. The third-order valence-electron chi connectivity index (χ3n) is 4.49. The lowest BCUT2D eigenvalue weighted by molar-refractivity contribution is 0.154. The third-order valence-corrected chi connectivity index (χ3v) is 4.49. The van der Waals surface area contributed by atoms with E-state index in [2.05, 4.69) is 12.2 Å². The molecule has 1 aliphatic rings. The van der Waals surface area contributed by atoms with Crippen molar-refractivity contribution in [3.05, 3.63) is 29.8 Å². The van der Waals surface area contributed by atoms with Crippen molar-refractivity contribution in [2.75, 3.05) is 13.7 Å². The van der Waals surface area contributed by atoms with Crippen LogP contribution in [0.4, 0.5) is 0 Å². The minimum absolute atomic E-state index is 0.468. The second-order valence-corrected chi connectivity index (χ2v) is 5.76. The number of aliphatic hydroxyl groups is 1. The second-order valence-electron chi connectivity index (χ2n) is 5.76. The van der Waals surface area contributed by atoms with Crippen molar-refractivity contribution in [3.8, 4) is 5.75 Å². The van der Waals surface area contributed by atoms with Gasteiger partial charge in [-0.15, -0.1) is 0 Å². The van der Waals surface area contributed by atoms with Crippen molar-refractivity contribution in [3.63, 3.8) is 0 Å². The molecule has 1 aromatic rings. The van der Waals surface area contributed by atoms with Crippen LogP contribution in [0.2, 0.25) is 0 Å². The van der Waals surface area contributed by atoms with E-state index in [0.29, 0.717) is 12.6 Å². The summed E-state index contributed by atoms with van der Waals surface area (Å²) < 4.78 is 5.20. The summed E-state index contributed by atoms with van der Waals surface area (Å²) in [6.07, 6.45) is 5.99. The molecule has 3 heteroatoms. The van der Waals surface area contributed by atoms with Crippen molar-refractivity contribution < 1.29 is 9.84 Å². The van der Waals surface area contributed by atoms with Gasteiger partial charge in [-0.25, -0.2) is 0 Å². The van der Waals surface area contributed by atoms with Gasteiger partial charge in [0.05, 0.1) is 13.2 Å². The fourth-order valence-corrected chi connectivity index (χ4v) is 3.19. The minimum Gasteiger partial charge on any atom is -0.497 e. The monoisotopic (exact) mass is 277 g/mol. The molecular weight excluding hydrogens is 250 g/mol. The molecule has 112 valence electrons. The molecule has 3 nitrogen and oxygen atoms in total. The summed E-state index contributed by atoms with van der Waals surface area (Å²) in [5.41, 5.74) is 0.917. The molecule has 1 fully saturated rings. The first kappa shape index (κ1) is 15.3. The molecule has 3 unspecified atom stereocenters. The van der Waals surface area contributed by atoms with E-state index in [1.165, 1.54) is 32.1 Å². The van der Waals surface area contributed by atoms with E-state index < -0.39 is 6.10 Å². The van der Waals surface area contributed by atoms with Crippen molar-refractivity contribution in [2.24, 2.45) is 5.92 Å². The lowest BCUT2D eigenvalue weighted by Gasteiger charge is -2.32. The van der Waals surface area contributed by atoms with Gasteiger partial charge in [0.1, 0.15) is 5.75 Å². The molecule has 0 amide bonds. The maximum absolute atomic E-state index is 10.3. The largest absolute Gasteiger partial charge is 0.497 e. The lowest BCUT2D eigenvalue weighted by Crippen LogP contribution is -2.40. The summed E-state index contributed by atoms with van der Waals surface area (Å²) in [6.45, 7) is 2.89. The van der Waals surface area contributed by atoms with E-state index in [4.69, 9.17) is 4.74 Å². The Morgan fingerprint density at radius 2 is 2.15 bits per heavy atom. The lowest BCUT2D eigenvalue weighted by atomic mass is 9.83. The van der Waals surface area contributed by atoms with Gasteiger partial charge < -0.3 is 15.2 Å². The van der Waals surface area contributed by atoms with E-state index in [-0.39, 0.29) is 0 Å². The zero-order valence-electron chi connectivity index (χ0n) is 12.6. The average Bonchev–Trinajstić information content (AvgIpc) is 2.52.